The third-order valence-corrected chi connectivity index (χ3v) is 3.60. The first-order valence-corrected chi connectivity index (χ1v) is 7.04. The number of nitrogens with zero attached hydrogens (tertiary/aromatic N) is 1. The Morgan fingerprint density at radius 1 is 1.05 bits per heavy atom. The predicted molar refractivity (Wildman–Crippen MR) is 84.4 cm³/mol. The molecule has 1 heterocycles. The highest BCUT2D eigenvalue weighted by molar-refractivity contribution is 6.31. The molecule has 0 aliphatic carbocycles. The summed E-state index contributed by atoms with van der Waals surface area (Å²) in [6.07, 6.45) is 0. The van der Waals surface area contributed by atoms with Crippen molar-refractivity contribution in [1.82, 2.24) is 15.3 Å². The quantitative estimate of drug-likeness (QED) is 0.779. The summed E-state index contributed by atoms with van der Waals surface area (Å²) in [5, 5.41) is 4.56. The van der Waals surface area contributed by atoms with Crippen LogP contribution in [0.1, 0.15) is 11.4 Å². The summed E-state index contributed by atoms with van der Waals surface area (Å²) < 4.78 is 0. The second kappa shape index (κ2) is 6.08. The molecule has 0 aliphatic heterocycles. The summed E-state index contributed by atoms with van der Waals surface area (Å²) in [7, 11) is 0. The second-order valence-corrected chi connectivity index (χ2v) is 5.13. The van der Waals surface area contributed by atoms with Crippen molar-refractivity contribution in [3.63, 3.8) is 0 Å². The summed E-state index contributed by atoms with van der Waals surface area (Å²) in [4.78, 5) is 19.2. The van der Waals surface area contributed by atoms with Gasteiger partial charge in [-0.3, -0.25) is 4.79 Å². The van der Waals surface area contributed by atoms with E-state index in [2.05, 4.69) is 15.3 Å². The maximum Gasteiger partial charge on any atom is 0.258 e. The molecule has 1 aromatic heterocycles. The number of halogens is 1. The smallest absolute Gasteiger partial charge is 0.258 e. The van der Waals surface area contributed by atoms with E-state index in [0.29, 0.717) is 29.8 Å². The van der Waals surface area contributed by atoms with Gasteiger partial charge in [0, 0.05) is 11.6 Å². The van der Waals surface area contributed by atoms with Crippen LogP contribution in [0.5, 0.6) is 0 Å². The van der Waals surface area contributed by atoms with Gasteiger partial charge in [0.15, 0.2) is 0 Å². The molecule has 5 heteroatoms. The van der Waals surface area contributed by atoms with E-state index in [4.69, 9.17) is 11.6 Å². The first kappa shape index (κ1) is 13.8. The molecule has 0 amide bonds. The molecule has 0 spiro atoms. The fraction of sp³-hybridized carbons (Fsp3) is 0.125. The maximum absolute atomic E-state index is 11.9. The van der Waals surface area contributed by atoms with E-state index in [-0.39, 0.29) is 5.56 Å². The van der Waals surface area contributed by atoms with Crippen molar-refractivity contribution in [2.45, 2.75) is 13.1 Å². The fourth-order valence-electron chi connectivity index (χ4n) is 2.18. The van der Waals surface area contributed by atoms with E-state index in [1.54, 1.807) is 6.07 Å². The number of para-hydroxylation sites is 1. The highest BCUT2D eigenvalue weighted by Gasteiger charge is 2.03. The van der Waals surface area contributed by atoms with Crippen LogP contribution in [0.2, 0.25) is 5.02 Å². The monoisotopic (exact) mass is 299 g/mol. The molecule has 0 unspecified atom stereocenters. The predicted octanol–water partition coefficient (Wildman–Crippen LogP) is 2.87. The molecule has 2 N–H and O–H groups in total. The van der Waals surface area contributed by atoms with E-state index >= 15 is 0 Å². The van der Waals surface area contributed by atoms with Crippen molar-refractivity contribution in [2.75, 3.05) is 0 Å². The Morgan fingerprint density at radius 3 is 2.67 bits per heavy atom. The van der Waals surface area contributed by atoms with Gasteiger partial charge >= 0.3 is 0 Å². The molecular formula is C16H14ClN3O. The Balaban J connectivity index is 1.74. The number of hydrogen-bond acceptors (Lipinski definition) is 3. The number of fused-ring (bicyclic) bond motifs is 1. The van der Waals surface area contributed by atoms with Crippen LogP contribution in [0, 0.1) is 0 Å². The van der Waals surface area contributed by atoms with Crippen LogP contribution in [0.25, 0.3) is 10.9 Å². The van der Waals surface area contributed by atoms with Gasteiger partial charge in [-0.25, -0.2) is 4.98 Å². The van der Waals surface area contributed by atoms with Crippen LogP contribution in [0.15, 0.2) is 53.3 Å². The van der Waals surface area contributed by atoms with Gasteiger partial charge in [0.05, 0.1) is 17.4 Å². The molecule has 0 saturated carbocycles. The highest BCUT2D eigenvalue weighted by atomic mass is 35.5. The third kappa shape index (κ3) is 3.12. The van der Waals surface area contributed by atoms with Crippen molar-refractivity contribution in [3.8, 4) is 0 Å². The van der Waals surface area contributed by atoms with Gasteiger partial charge in [0.2, 0.25) is 0 Å². The Bertz CT molecular complexity index is 829. The molecule has 3 aromatic rings. The van der Waals surface area contributed by atoms with Crippen LogP contribution < -0.4 is 10.9 Å². The molecule has 21 heavy (non-hydrogen) atoms. The van der Waals surface area contributed by atoms with Crippen molar-refractivity contribution in [2.24, 2.45) is 0 Å². The average molecular weight is 300 g/mol. The van der Waals surface area contributed by atoms with Crippen molar-refractivity contribution < 1.29 is 0 Å². The number of nitrogens with one attached hydrogen (secondary N) is 2. The Kier molecular flexibility index (Phi) is 3.99. The minimum Gasteiger partial charge on any atom is -0.309 e. The molecule has 2 aromatic carbocycles. The molecule has 0 saturated heterocycles. The van der Waals surface area contributed by atoms with E-state index in [1.807, 2.05) is 42.5 Å². The lowest BCUT2D eigenvalue weighted by Crippen LogP contribution is -2.19. The Morgan fingerprint density at radius 2 is 1.81 bits per heavy atom. The van der Waals surface area contributed by atoms with Crippen LogP contribution in [0.4, 0.5) is 0 Å². The molecule has 0 radical (unpaired) electrons. The van der Waals surface area contributed by atoms with Gasteiger partial charge in [-0.2, -0.15) is 0 Å². The average Bonchev–Trinajstić information content (AvgIpc) is 2.49. The van der Waals surface area contributed by atoms with E-state index in [0.717, 1.165) is 10.6 Å². The van der Waals surface area contributed by atoms with Crippen LogP contribution in [-0.2, 0) is 13.1 Å². The number of H-pyrrole nitrogens is 1. The van der Waals surface area contributed by atoms with E-state index < -0.39 is 0 Å². The topological polar surface area (TPSA) is 57.8 Å². The second-order valence-electron chi connectivity index (χ2n) is 4.72. The van der Waals surface area contributed by atoms with E-state index in [9.17, 15) is 4.79 Å². The zero-order valence-electron chi connectivity index (χ0n) is 11.3. The van der Waals surface area contributed by atoms with Gasteiger partial charge in [0.1, 0.15) is 5.82 Å². The van der Waals surface area contributed by atoms with Gasteiger partial charge in [-0.1, -0.05) is 41.9 Å². The molecule has 0 atom stereocenters. The molecule has 4 nitrogen and oxygen atoms in total. The van der Waals surface area contributed by atoms with Crippen LogP contribution >= 0.6 is 11.6 Å². The van der Waals surface area contributed by atoms with Crippen LogP contribution in [-0.4, -0.2) is 9.97 Å². The Hall–Kier alpha value is -2.17. The van der Waals surface area contributed by atoms with Gasteiger partial charge in [0.25, 0.3) is 5.56 Å². The van der Waals surface area contributed by atoms with Crippen LogP contribution in [0.3, 0.4) is 0 Å². The third-order valence-electron chi connectivity index (χ3n) is 3.23. The summed E-state index contributed by atoms with van der Waals surface area (Å²) in [5.41, 5.74) is 1.60. The minimum atomic E-state index is -0.116. The number of hydrogen-bond donors (Lipinski definition) is 2. The molecule has 106 valence electrons. The van der Waals surface area contributed by atoms with Gasteiger partial charge in [-0.15, -0.1) is 0 Å². The summed E-state index contributed by atoms with van der Waals surface area (Å²) >= 11 is 6.10. The van der Waals surface area contributed by atoms with Crippen molar-refractivity contribution in [1.29, 1.82) is 0 Å². The molecule has 0 fully saturated rings. The first-order valence-electron chi connectivity index (χ1n) is 6.66. The number of rotatable bonds is 4. The van der Waals surface area contributed by atoms with Crippen molar-refractivity contribution >= 4 is 22.5 Å². The zero-order valence-corrected chi connectivity index (χ0v) is 12.0. The molecular weight excluding hydrogens is 286 g/mol. The molecule has 3 rings (SSSR count). The van der Waals surface area contributed by atoms with E-state index in [1.165, 1.54) is 0 Å². The maximum atomic E-state index is 11.9. The standard InChI is InChI=1S/C16H14ClN3O/c17-13-7-3-1-5-11(13)9-18-10-15-19-14-8-4-2-6-12(14)16(21)20-15/h1-8,18H,9-10H2,(H,19,20,21). The minimum absolute atomic E-state index is 0.116. The zero-order chi connectivity index (χ0) is 14.7. The lowest BCUT2D eigenvalue weighted by Gasteiger charge is -2.07. The van der Waals surface area contributed by atoms with Crippen molar-refractivity contribution in [3.05, 3.63) is 75.3 Å². The first-order chi connectivity index (χ1) is 10.2. The lowest BCUT2D eigenvalue weighted by atomic mass is 10.2. The summed E-state index contributed by atoms with van der Waals surface area (Å²) in [6.45, 7) is 1.10. The van der Waals surface area contributed by atoms with Gasteiger partial charge < -0.3 is 10.3 Å². The number of benzene rings is 2. The number of aromatic nitrogens is 2. The molecule has 0 bridgehead atoms. The highest BCUT2D eigenvalue weighted by Crippen LogP contribution is 2.14. The summed E-state index contributed by atoms with van der Waals surface area (Å²) in [5.74, 6) is 0.616. The normalized spacial score (nSPS) is 10.9. The SMILES string of the molecule is O=c1[nH]c(CNCc2ccccc2Cl)nc2ccccc12. The lowest BCUT2D eigenvalue weighted by molar-refractivity contribution is 0.663. The fourth-order valence-corrected chi connectivity index (χ4v) is 2.38. The summed E-state index contributed by atoms with van der Waals surface area (Å²) in [6, 6.07) is 15.0. The molecule has 0 aliphatic rings. The largest absolute Gasteiger partial charge is 0.309 e. The number of aromatic amines is 1. The Labute approximate surface area is 126 Å². The van der Waals surface area contributed by atoms with Gasteiger partial charge in [-0.05, 0) is 23.8 Å².